The predicted octanol–water partition coefficient (Wildman–Crippen LogP) is -0.0176. The Morgan fingerprint density at radius 3 is 1.14 bits per heavy atom. The first-order chi connectivity index (χ1) is 17.7. The van der Waals surface area contributed by atoms with Gasteiger partial charge in [-0.15, -0.1) is 0 Å². The average Bonchev–Trinajstić information content (AvgIpc) is 2.92. The first-order valence-electron chi connectivity index (χ1n) is 13.2. The second kappa shape index (κ2) is 13.1. The van der Waals surface area contributed by atoms with Crippen LogP contribution in [0.15, 0.2) is 0 Å². The maximum Gasteiger partial charge on any atom is 0.228 e. The quantitative estimate of drug-likeness (QED) is 0.308. The van der Waals surface area contributed by atoms with Crippen molar-refractivity contribution in [2.24, 2.45) is 0 Å². The van der Waals surface area contributed by atoms with Gasteiger partial charge in [0.05, 0.1) is 26.4 Å². The highest BCUT2D eigenvalue weighted by atomic mass is 16.3. The molecule has 2 aromatic rings. The number of aliphatic hydroxyl groups is 4. The molecule has 0 aromatic carbocycles. The van der Waals surface area contributed by atoms with E-state index >= 15 is 0 Å². The summed E-state index contributed by atoms with van der Waals surface area (Å²) >= 11 is 0. The van der Waals surface area contributed by atoms with Crippen LogP contribution in [0.2, 0.25) is 0 Å². The van der Waals surface area contributed by atoms with Gasteiger partial charge in [0.2, 0.25) is 11.9 Å². The van der Waals surface area contributed by atoms with Crippen molar-refractivity contribution < 1.29 is 20.4 Å². The third-order valence-electron chi connectivity index (χ3n) is 6.84. The van der Waals surface area contributed by atoms with Gasteiger partial charge in [0.15, 0.2) is 11.6 Å². The molecule has 0 unspecified atom stereocenters. The summed E-state index contributed by atoms with van der Waals surface area (Å²) < 4.78 is 0. The Morgan fingerprint density at radius 1 is 0.500 bits per heavy atom. The van der Waals surface area contributed by atoms with Crippen LogP contribution < -0.4 is 19.6 Å². The molecule has 36 heavy (non-hydrogen) atoms. The van der Waals surface area contributed by atoms with Gasteiger partial charge in [-0.3, -0.25) is 0 Å². The van der Waals surface area contributed by atoms with E-state index < -0.39 is 0 Å². The Morgan fingerprint density at radius 2 is 0.833 bits per heavy atom. The molecule has 0 bridgehead atoms. The first-order valence-corrected chi connectivity index (χ1v) is 13.2. The SMILES string of the molecule is OCCN(CCO)c1nc(N2CCCCC2)nc2c(N(CCO)CCO)nc(N3CCCCC3)nc12. The summed E-state index contributed by atoms with van der Waals surface area (Å²) in [5, 5.41) is 39.1. The van der Waals surface area contributed by atoms with E-state index in [9.17, 15) is 20.4 Å². The molecule has 4 heterocycles. The van der Waals surface area contributed by atoms with E-state index in [1.807, 2.05) is 9.80 Å². The van der Waals surface area contributed by atoms with Crippen LogP contribution in [0.5, 0.6) is 0 Å². The van der Waals surface area contributed by atoms with Crippen LogP contribution in [0, 0.1) is 0 Å². The molecule has 2 aromatic heterocycles. The average molecular weight is 505 g/mol. The Kier molecular flexibility index (Phi) is 9.67. The van der Waals surface area contributed by atoms with Crippen molar-refractivity contribution in [3.63, 3.8) is 0 Å². The van der Waals surface area contributed by atoms with Crippen molar-refractivity contribution in [1.29, 1.82) is 0 Å². The van der Waals surface area contributed by atoms with Gasteiger partial charge >= 0.3 is 0 Å². The fourth-order valence-corrected chi connectivity index (χ4v) is 5.00. The van der Waals surface area contributed by atoms with Crippen molar-refractivity contribution in [3.05, 3.63) is 0 Å². The zero-order chi connectivity index (χ0) is 25.3. The van der Waals surface area contributed by atoms with E-state index in [1.54, 1.807) is 0 Å². The number of aromatic nitrogens is 4. The molecule has 12 heteroatoms. The normalized spacial score (nSPS) is 16.6. The van der Waals surface area contributed by atoms with Crippen LogP contribution in [0.4, 0.5) is 23.5 Å². The molecule has 2 aliphatic rings. The first kappa shape index (κ1) is 26.5. The largest absolute Gasteiger partial charge is 0.395 e. The minimum Gasteiger partial charge on any atom is -0.395 e. The van der Waals surface area contributed by atoms with Crippen LogP contribution in [0.1, 0.15) is 38.5 Å². The lowest BCUT2D eigenvalue weighted by Crippen LogP contribution is -2.36. The number of piperidine rings is 2. The summed E-state index contributed by atoms with van der Waals surface area (Å²) in [6.45, 7) is 4.20. The third-order valence-corrected chi connectivity index (χ3v) is 6.84. The summed E-state index contributed by atoms with van der Waals surface area (Å²) in [7, 11) is 0. The molecule has 200 valence electrons. The highest BCUT2D eigenvalue weighted by Gasteiger charge is 2.26. The van der Waals surface area contributed by atoms with Crippen LogP contribution in [-0.2, 0) is 0 Å². The minimum absolute atomic E-state index is 0.0946. The standard InChI is InChI=1S/C24H40N8O4/c33-15-11-29(12-16-34)21-20-19(25-23(27-21)31-7-3-1-4-8-31)22(30(13-17-35)14-18-36)28-24(26-20)32-9-5-2-6-10-32/h33-36H,1-18H2. The van der Waals surface area contributed by atoms with Crippen molar-refractivity contribution >= 4 is 34.6 Å². The fourth-order valence-electron chi connectivity index (χ4n) is 5.00. The highest BCUT2D eigenvalue weighted by Crippen LogP contribution is 2.33. The van der Waals surface area contributed by atoms with Gasteiger partial charge in [-0.1, -0.05) is 0 Å². The minimum atomic E-state index is -0.0946. The molecule has 2 saturated heterocycles. The molecule has 0 aliphatic carbocycles. The van der Waals surface area contributed by atoms with Gasteiger partial charge in [-0.05, 0) is 38.5 Å². The van der Waals surface area contributed by atoms with E-state index in [2.05, 4.69) is 9.80 Å². The summed E-state index contributed by atoms with van der Waals surface area (Å²) in [6.07, 6.45) is 6.59. The Hall–Kier alpha value is -2.54. The Balaban J connectivity index is 1.95. The molecule has 0 amide bonds. The van der Waals surface area contributed by atoms with Crippen LogP contribution in [0.3, 0.4) is 0 Å². The Bertz CT molecular complexity index is 880. The van der Waals surface area contributed by atoms with Gasteiger partial charge in [0, 0.05) is 52.4 Å². The lowest BCUT2D eigenvalue weighted by atomic mass is 10.1. The highest BCUT2D eigenvalue weighted by molar-refractivity contribution is 5.95. The molecule has 0 saturated carbocycles. The second-order valence-corrected chi connectivity index (χ2v) is 9.36. The van der Waals surface area contributed by atoms with E-state index in [4.69, 9.17) is 19.9 Å². The van der Waals surface area contributed by atoms with Crippen molar-refractivity contribution in [3.8, 4) is 0 Å². The smallest absolute Gasteiger partial charge is 0.228 e. The Labute approximate surface area is 212 Å². The summed E-state index contributed by atoms with van der Waals surface area (Å²) in [6, 6.07) is 0. The van der Waals surface area contributed by atoms with E-state index in [-0.39, 0.29) is 26.4 Å². The number of hydrogen-bond acceptors (Lipinski definition) is 12. The van der Waals surface area contributed by atoms with Gasteiger partial charge in [0.1, 0.15) is 11.0 Å². The molecular formula is C24H40N8O4. The number of anilines is 4. The molecule has 2 fully saturated rings. The van der Waals surface area contributed by atoms with E-state index in [0.717, 1.165) is 51.9 Å². The van der Waals surface area contributed by atoms with Crippen molar-refractivity contribution in [2.75, 3.05) is 98.4 Å². The summed E-state index contributed by atoms with van der Waals surface area (Å²) in [5.74, 6) is 2.25. The molecule has 0 atom stereocenters. The summed E-state index contributed by atoms with van der Waals surface area (Å²) in [5.41, 5.74) is 1.09. The number of rotatable bonds is 12. The maximum atomic E-state index is 9.77. The monoisotopic (exact) mass is 504 g/mol. The molecule has 4 N–H and O–H groups in total. The maximum absolute atomic E-state index is 9.77. The number of fused-ring (bicyclic) bond motifs is 1. The molecule has 0 radical (unpaired) electrons. The molecular weight excluding hydrogens is 464 g/mol. The van der Waals surface area contributed by atoms with E-state index in [0.29, 0.717) is 60.7 Å². The second-order valence-electron chi connectivity index (χ2n) is 9.36. The van der Waals surface area contributed by atoms with Gasteiger partial charge in [0.25, 0.3) is 0 Å². The fraction of sp³-hybridized carbons (Fsp3) is 0.750. The van der Waals surface area contributed by atoms with Crippen LogP contribution in [-0.4, -0.2) is 119 Å². The topological polar surface area (TPSA) is 145 Å². The molecule has 0 spiro atoms. The third kappa shape index (κ3) is 6.05. The molecule has 4 rings (SSSR count). The van der Waals surface area contributed by atoms with E-state index in [1.165, 1.54) is 12.8 Å². The lowest BCUT2D eigenvalue weighted by Gasteiger charge is -2.32. The zero-order valence-electron chi connectivity index (χ0n) is 21.1. The molecule has 2 aliphatic heterocycles. The van der Waals surface area contributed by atoms with Gasteiger partial charge < -0.3 is 40.0 Å². The zero-order valence-corrected chi connectivity index (χ0v) is 21.1. The predicted molar refractivity (Wildman–Crippen MR) is 140 cm³/mol. The number of aliphatic hydroxyl groups excluding tert-OH is 4. The number of hydrogen-bond donors (Lipinski definition) is 4. The summed E-state index contributed by atoms with van der Waals surface area (Å²) in [4.78, 5) is 27.8. The molecule has 12 nitrogen and oxygen atoms in total. The van der Waals surface area contributed by atoms with Crippen molar-refractivity contribution in [2.45, 2.75) is 38.5 Å². The van der Waals surface area contributed by atoms with Gasteiger partial charge in [-0.25, -0.2) is 9.97 Å². The lowest BCUT2D eigenvalue weighted by molar-refractivity contribution is 0.280. The van der Waals surface area contributed by atoms with Crippen LogP contribution in [0.25, 0.3) is 11.0 Å². The number of nitrogens with zero attached hydrogens (tertiary/aromatic N) is 8. The van der Waals surface area contributed by atoms with Gasteiger partial charge in [-0.2, -0.15) is 9.97 Å². The van der Waals surface area contributed by atoms with Crippen LogP contribution >= 0.6 is 0 Å². The van der Waals surface area contributed by atoms with Crippen molar-refractivity contribution in [1.82, 2.24) is 19.9 Å².